The molecule has 2 N–H and O–H groups in total. The average Bonchev–Trinajstić information content (AvgIpc) is 2.65. The van der Waals surface area contributed by atoms with Crippen LogP contribution in [0.15, 0.2) is 12.1 Å². The second-order valence-corrected chi connectivity index (χ2v) is 7.66. The van der Waals surface area contributed by atoms with Gasteiger partial charge in [0.25, 0.3) is 0 Å². The van der Waals surface area contributed by atoms with Gasteiger partial charge in [-0.05, 0) is 17.7 Å². The molecule has 0 aliphatic carbocycles. The maximum atomic E-state index is 12.2. The summed E-state index contributed by atoms with van der Waals surface area (Å²) in [4.78, 5) is 18.8. The molecule has 26 heavy (non-hydrogen) atoms. The molecular weight excluding hydrogens is 375 g/mol. The number of nitrogen functional groups attached to an aromatic ring is 1. The lowest BCUT2D eigenvalue weighted by molar-refractivity contribution is -0.135. The van der Waals surface area contributed by atoms with Crippen molar-refractivity contribution in [3.8, 4) is 0 Å². The number of hydrogen-bond acceptors (Lipinski definition) is 5. The van der Waals surface area contributed by atoms with Gasteiger partial charge in [-0.15, -0.1) is 0 Å². The monoisotopic (exact) mass is 400 g/mol. The van der Waals surface area contributed by atoms with Crippen LogP contribution in [0.25, 0.3) is 0 Å². The fourth-order valence-corrected chi connectivity index (χ4v) is 3.94. The van der Waals surface area contributed by atoms with E-state index in [1.54, 1.807) is 6.07 Å². The Kier molecular flexibility index (Phi) is 7.00. The first-order valence-electron chi connectivity index (χ1n) is 9.06. The van der Waals surface area contributed by atoms with E-state index in [0.29, 0.717) is 35.4 Å². The molecule has 1 aromatic carbocycles. The van der Waals surface area contributed by atoms with Crippen molar-refractivity contribution >= 4 is 34.8 Å². The summed E-state index contributed by atoms with van der Waals surface area (Å²) in [5, 5.41) is 1.12. The molecule has 2 aliphatic heterocycles. The van der Waals surface area contributed by atoms with E-state index in [1.807, 2.05) is 11.0 Å². The quantitative estimate of drug-likeness (QED) is 0.765. The molecule has 0 bridgehead atoms. The number of halogens is 2. The number of nitrogens with zero attached hydrogens (tertiary/aromatic N) is 3. The van der Waals surface area contributed by atoms with Crippen molar-refractivity contribution in [3.63, 3.8) is 0 Å². The molecule has 1 amide bonds. The van der Waals surface area contributed by atoms with Gasteiger partial charge < -0.3 is 20.3 Å². The number of ether oxygens (including phenoxy) is 1. The van der Waals surface area contributed by atoms with E-state index in [9.17, 15) is 4.79 Å². The molecule has 2 aliphatic rings. The highest BCUT2D eigenvalue weighted by Crippen LogP contribution is 2.28. The lowest BCUT2D eigenvalue weighted by Crippen LogP contribution is -2.47. The van der Waals surface area contributed by atoms with Crippen LogP contribution < -0.4 is 5.73 Å². The highest BCUT2D eigenvalue weighted by molar-refractivity contribution is 6.36. The number of anilines is 1. The van der Waals surface area contributed by atoms with Crippen LogP contribution in [-0.4, -0.2) is 79.6 Å². The van der Waals surface area contributed by atoms with Crippen molar-refractivity contribution in [2.45, 2.75) is 13.0 Å². The summed E-state index contributed by atoms with van der Waals surface area (Å²) in [5.74, 6) is 0.233. The minimum absolute atomic E-state index is 0.233. The molecule has 0 atom stereocenters. The molecule has 2 fully saturated rings. The van der Waals surface area contributed by atoms with Crippen molar-refractivity contribution in [2.75, 3.05) is 64.8 Å². The first kappa shape index (κ1) is 19.7. The second-order valence-electron chi connectivity index (χ2n) is 6.82. The standard InChI is InChI=1S/C18H26Cl2N4O2/c19-15-11-14(18(21)16(20)12-15)13-23-5-3-22(4-6-23)2-1-17(25)24-7-9-26-10-8-24/h11-12H,1-10,13,21H2. The first-order valence-corrected chi connectivity index (χ1v) is 9.82. The number of amides is 1. The van der Waals surface area contributed by atoms with Gasteiger partial charge in [-0.2, -0.15) is 0 Å². The van der Waals surface area contributed by atoms with Crippen LogP contribution in [0, 0.1) is 0 Å². The molecule has 1 aromatic rings. The lowest BCUT2D eigenvalue weighted by atomic mass is 10.1. The summed E-state index contributed by atoms with van der Waals surface area (Å²) >= 11 is 12.2. The molecular formula is C18H26Cl2N4O2. The summed E-state index contributed by atoms with van der Waals surface area (Å²) in [6.45, 7) is 8.08. The van der Waals surface area contributed by atoms with E-state index < -0.39 is 0 Å². The largest absolute Gasteiger partial charge is 0.397 e. The van der Waals surface area contributed by atoms with Crippen molar-refractivity contribution in [1.82, 2.24) is 14.7 Å². The van der Waals surface area contributed by atoms with Gasteiger partial charge in [0.2, 0.25) is 5.91 Å². The summed E-state index contributed by atoms with van der Waals surface area (Å²) < 4.78 is 5.29. The number of nitrogens with two attached hydrogens (primary N) is 1. The Hall–Kier alpha value is -1.05. The predicted molar refractivity (Wildman–Crippen MR) is 105 cm³/mol. The number of rotatable bonds is 5. The van der Waals surface area contributed by atoms with Crippen molar-refractivity contribution in [1.29, 1.82) is 0 Å². The zero-order valence-corrected chi connectivity index (χ0v) is 16.4. The zero-order chi connectivity index (χ0) is 18.5. The third-order valence-corrected chi connectivity index (χ3v) is 5.58. The van der Waals surface area contributed by atoms with Crippen molar-refractivity contribution < 1.29 is 9.53 Å². The Balaban J connectivity index is 1.42. The van der Waals surface area contributed by atoms with E-state index >= 15 is 0 Å². The molecule has 0 spiro atoms. The summed E-state index contributed by atoms with van der Waals surface area (Å²) in [5.41, 5.74) is 7.65. The molecule has 3 rings (SSSR count). The molecule has 2 heterocycles. The van der Waals surface area contributed by atoms with E-state index in [1.165, 1.54) is 0 Å². The second kappa shape index (κ2) is 9.24. The van der Waals surface area contributed by atoms with Gasteiger partial charge in [0.1, 0.15) is 0 Å². The first-order chi connectivity index (χ1) is 12.5. The summed E-state index contributed by atoms with van der Waals surface area (Å²) in [6, 6.07) is 3.56. The van der Waals surface area contributed by atoms with Crippen LogP contribution in [0.1, 0.15) is 12.0 Å². The Morgan fingerprint density at radius 1 is 1.04 bits per heavy atom. The number of piperazine rings is 1. The van der Waals surface area contributed by atoms with Crippen molar-refractivity contribution in [2.24, 2.45) is 0 Å². The SMILES string of the molecule is Nc1c(Cl)cc(Cl)cc1CN1CCN(CCC(=O)N2CCOCC2)CC1. The molecule has 0 unspecified atom stereocenters. The number of carbonyl (C=O) groups is 1. The maximum Gasteiger partial charge on any atom is 0.224 e. The van der Waals surface area contributed by atoms with E-state index in [2.05, 4.69) is 9.80 Å². The Labute approximate surface area is 164 Å². The third-order valence-electron chi connectivity index (χ3n) is 5.04. The van der Waals surface area contributed by atoms with E-state index in [4.69, 9.17) is 33.7 Å². The minimum atomic E-state index is 0.233. The summed E-state index contributed by atoms with van der Waals surface area (Å²) in [6.07, 6.45) is 0.580. The zero-order valence-electron chi connectivity index (χ0n) is 14.9. The maximum absolute atomic E-state index is 12.2. The fourth-order valence-electron chi connectivity index (χ4n) is 3.41. The lowest BCUT2D eigenvalue weighted by Gasteiger charge is -2.35. The van der Waals surface area contributed by atoms with Crippen LogP contribution >= 0.6 is 23.2 Å². The van der Waals surface area contributed by atoms with E-state index in [0.717, 1.165) is 57.9 Å². The Morgan fingerprint density at radius 2 is 1.69 bits per heavy atom. The number of benzene rings is 1. The van der Waals surface area contributed by atoms with Gasteiger partial charge in [0.15, 0.2) is 0 Å². The fraction of sp³-hybridized carbons (Fsp3) is 0.611. The number of hydrogen-bond donors (Lipinski definition) is 1. The predicted octanol–water partition coefficient (Wildman–Crippen LogP) is 1.94. The molecule has 0 radical (unpaired) electrons. The molecule has 0 aromatic heterocycles. The van der Waals surface area contributed by atoms with Crippen LogP contribution in [0.2, 0.25) is 10.0 Å². The average molecular weight is 401 g/mol. The molecule has 144 valence electrons. The van der Waals surface area contributed by atoms with Crippen LogP contribution in [0.3, 0.4) is 0 Å². The van der Waals surface area contributed by atoms with Crippen LogP contribution in [0.4, 0.5) is 5.69 Å². The minimum Gasteiger partial charge on any atom is -0.397 e. The van der Waals surface area contributed by atoms with Gasteiger partial charge in [-0.25, -0.2) is 0 Å². The topological polar surface area (TPSA) is 62.0 Å². The number of morpholine rings is 1. The van der Waals surface area contributed by atoms with E-state index in [-0.39, 0.29) is 5.91 Å². The van der Waals surface area contributed by atoms with Gasteiger partial charge in [-0.3, -0.25) is 9.69 Å². The van der Waals surface area contributed by atoms with Gasteiger partial charge in [0.05, 0.1) is 23.9 Å². The van der Waals surface area contributed by atoms with Crippen molar-refractivity contribution in [3.05, 3.63) is 27.7 Å². The summed E-state index contributed by atoms with van der Waals surface area (Å²) in [7, 11) is 0. The van der Waals surface area contributed by atoms with Gasteiger partial charge in [-0.1, -0.05) is 23.2 Å². The Morgan fingerprint density at radius 3 is 2.38 bits per heavy atom. The van der Waals surface area contributed by atoms with Crippen LogP contribution in [-0.2, 0) is 16.1 Å². The van der Waals surface area contributed by atoms with Crippen LogP contribution in [0.5, 0.6) is 0 Å². The van der Waals surface area contributed by atoms with Gasteiger partial charge >= 0.3 is 0 Å². The number of carbonyl (C=O) groups excluding carboxylic acids is 1. The normalized spacial score (nSPS) is 19.7. The third kappa shape index (κ3) is 5.24. The highest BCUT2D eigenvalue weighted by Gasteiger charge is 2.21. The van der Waals surface area contributed by atoms with Gasteiger partial charge in [0, 0.05) is 63.8 Å². The Bertz CT molecular complexity index is 630. The molecule has 2 saturated heterocycles. The molecule has 0 saturated carbocycles. The smallest absolute Gasteiger partial charge is 0.224 e. The molecule has 6 nitrogen and oxygen atoms in total. The molecule has 8 heteroatoms. The highest BCUT2D eigenvalue weighted by atomic mass is 35.5.